The minimum absolute atomic E-state index is 0.817. The van der Waals surface area contributed by atoms with E-state index in [0.717, 1.165) is 28.3 Å². The molecule has 0 radical (unpaired) electrons. The molecule has 0 aliphatic heterocycles. The molecule has 0 bridgehead atoms. The lowest BCUT2D eigenvalue weighted by atomic mass is 10.1. The Morgan fingerprint density at radius 1 is 1.07 bits per heavy atom. The highest BCUT2D eigenvalue weighted by atomic mass is 16.3. The SMILES string of the molecule is Cc1ccc(-c2ccc(N)c(C)c2)o1. The van der Waals surface area contributed by atoms with Gasteiger partial charge >= 0.3 is 0 Å². The molecule has 0 unspecified atom stereocenters. The number of rotatable bonds is 1. The first-order valence-electron chi connectivity index (χ1n) is 4.60. The fraction of sp³-hybridized carbons (Fsp3) is 0.167. The smallest absolute Gasteiger partial charge is 0.134 e. The number of nitrogen functional groups attached to an aromatic ring is 1. The van der Waals surface area contributed by atoms with Gasteiger partial charge in [0.25, 0.3) is 0 Å². The summed E-state index contributed by atoms with van der Waals surface area (Å²) < 4.78 is 5.52. The van der Waals surface area contributed by atoms with Crippen LogP contribution in [0.1, 0.15) is 11.3 Å². The second kappa shape index (κ2) is 3.22. The molecule has 14 heavy (non-hydrogen) atoms. The van der Waals surface area contributed by atoms with E-state index in [-0.39, 0.29) is 0 Å². The third-order valence-corrected chi connectivity index (χ3v) is 2.29. The topological polar surface area (TPSA) is 39.2 Å². The molecule has 0 aliphatic carbocycles. The number of furan rings is 1. The summed E-state index contributed by atoms with van der Waals surface area (Å²) in [5, 5.41) is 0. The fourth-order valence-corrected chi connectivity index (χ4v) is 1.42. The Bertz CT molecular complexity index is 457. The molecule has 0 aliphatic rings. The molecule has 0 fully saturated rings. The molecule has 1 heterocycles. The molecule has 0 amide bonds. The van der Waals surface area contributed by atoms with Crippen LogP contribution in [-0.2, 0) is 0 Å². The van der Waals surface area contributed by atoms with Gasteiger partial charge in [-0.1, -0.05) is 0 Å². The van der Waals surface area contributed by atoms with Gasteiger partial charge in [0.2, 0.25) is 0 Å². The first-order valence-corrected chi connectivity index (χ1v) is 4.60. The van der Waals surface area contributed by atoms with Crippen LogP contribution in [0.5, 0.6) is 0 Å². The van der Waals surface area contributed by atoms with Crippen molar-refractivity contribution in [1.82, 2.24) is 0 Å². The third-order valence-electron chi connectivity index (χ3n) is 2.29. The highest BCUT2D eigenvalue weighted by Gasteiger charge is 2.03. The van der Waals surface area contributed by atoms with E-state index in [1.54, 1.807) is 0 Å². The van der Waals surface area contributed by atoms with E-state index in [1.807, 2.05) is 44.2 Å². The van der Waals surface area contributed by atoms with Gasteiger partial charge in [0.1, 0.15) is 11.5 Å². The van der Waals surface area contributed by atoms with Gasteiger partial charge in [-0.15, -0.1) is 0 Å². The summed E-state index contributed by atoms with van der Waals surface area (Å²) in [6, 6.07) is 9.85. The molecule has 0 spiro atoms. The quantitative estimate of drug-likeness (QED) is 0.696. The van der Waals surface area contributed by atoms with Crippen LogP contribution in [0.15, 0.2) is 34.7 Å². The summed E-state index contributed by atoms with van der Waals surface area (Å²) in [7, 11) is 0. The van der Waals surface area contributed by atoms with Crippen LogP contribution >= 0.6 is 0 Å². The van der Waals surface area contributed by atoms with Crippen LogP contribution in [0.4, 0.5) is 5.69 Å². The normalized spacial score (nSPS) is 10.4. The molecule has 2 heteroatoms. The molecule has 0 atom stereocenters. The largest absolute Gasteiger partial charge is 0.461 e. The van der Waals surface area contributed by atoms with Crippen molar-refractivity contribution in [2.45, 2.75) is 13.8 Å². The van der Waals surface area contributed by atoms with Gasteiger partial charge in [0.05, 0.1) is 0 Å². The van der Waals surface area contributed by atoms with Crippen LogP contribution < -0.4 is 5.73 Å². The zero-order valence-corrected chi connectivity index (χ0v) is 8.37. The van der Waals surface area contributed by atoms with Gasteiger partial charge in [0.15, 0.2) is 0 Å². The molecule has 72 valence electrons. The van der Waals surface area contributed by atoms with Crippen molar-refractivity contribution < 1.29 is 4.42 Å². The predicted molar refractivity (Wildman–Crippen MR) is 58.0 cm³/mol. The van der Waals surface area contributed by atoms with Crippen molar-refractivity contribution in [2.75, 3.05) is 5.73 Å². The Balaban J connectivity index is 2.47. The third kappa shape index (κ3) is 1.51. The summed E-state index contributed by atoms with van der Waals surface area (Å²) in [6.07, 6.45) is 0. The Labute approximate surface area is 83.4 Å². The van der Waals surface area contributed by atoms with Crippen LogP contribution in [0.3, 0.4) is 0 Å². The van der Waals surface area contributed by atoms with Crippen molar-refractivity contribution in [3.8, 4) is 11.3 Å². The van der Waals surface area contributed by atoms with Crippen molar-refractivity contribution in [3.05, 3.63) is 41.7 Å². The zero-order valence-electron chi connectivity index (χ0n) is 8.37. The second-order valence-electron chi connectivity index (χ2n) is 3.48. The molecule has 0 saturated carbocycles. The average molecular weight is 187 g/mol. The lowest BCUT2D eigenvalue weighted by molar-refractivity contribution is 0.548. The molecular formula is C12H13NO. The van der Waals surface area contributed by atoms with Crippen molar-refractivity contribution in [2.24, 2.45) is 0 Å². The minimum atomic E-state index is 0.817. The van der Waals surface area contributed by atoms with Gasteiger partial charge in [-0.3, -0.25) is 0 Å². The standard InChI is InChI=1S/C12H13NO/c1-8-7-10(4-5-11(8)13)12-6-3-9(2)14-12/h3-7H,13H2,1-2H3. The summed E-state index contributed by atoms with van der Waals surface area (Å²) in [6.45, 7) is 3.93. The lowest BCUT2D eigenvalue weighted by Crippen LogP contribution is -1.88. The predicted octanol–water partition coefficient (Wildman–Crippen LogP) is 3.15. The van der Waals surface area contributed by atoms with Crippen LogP contribution in [0.2, 0.25) is 0 Å². The van der Waals surface area contributed by atoms with E-state index < -0.39 is 0 Å². The number of anilines is 1. The summed E-state index contributed by atoms with van der Waals surface area (Å²) >= 11 is 0. The summed E-state index contributed by atoms with van der Waals surface area (Å²) in [5.41, 5.74) is 8.71. The van der Waals surface area contributed by atoms with E-state index in [9.17, 15) is 0 Å². The second-order valence-corrected chi connectivity index (χ2v) is 3.48. The van der Waals surface area contributed by atoms with Gasteiger partial charge in [-0.05, 0) is 49.7 Å². The number of benzene rings is 1. The maximum absolute atomic E-state index is 5.74. The lowest BCUT2D eigenvalue weighted by Gasteiger charge is -2.02. The molecule has 2 N–H and O–H groups in total. The molecule has 0 saturated heterocycles. The molecule has 2 rings (SSSR count). The first kappa shape index (κ1) is 8.88. The average Bonchev–Trinajstić information content (AvgIpc) is 2.57. The summed E-state index contributed by atoms with van der Waals surface area (Å²) in [4.78, 5) is 0. The Kier molecular flexibility index (Phi) is 2.04. The maximum Gasteiger partial charge on any atom is 0.134 e. The molecule has 2 aromatic rings. The van der Waals surface area contributed by atoms with E-state index in [1.165, 1.54) is 0 Å². The van der Waals surface area contributed by atoms with E-state index in [4.69, 9.17) is 10.2 Å². The highest BCUT2D eigenvalue weighted by molar-refractivity contribution is 5.63. The molecule has 1 aromatic heterocycles. The van der Waals surface area contributed by atoms with Crippen LogP contribution in [-0.4, -0.2) is 0 Å². The van der Waals surface area contributed by atoms with Crippen molar-refractivity contribution in [3.63, 3.8) is 0 Å². The van der Waals surface area contributed by atoms with Crippen molar-refractivity contribution in [1.29, 1.82) is 0 Å². The van der Waals surface area contributed by atoms with E-state index >= 15 is 0 Å². The summed E-state index contributed by atoms with van der Waals surface area (Å²) in [5.74, 6) is 1.82. The Hall–Kier alpha value is -1.70. The van der Waals surface area contributed by atoms with E-state index in [0.29, 0.717) is 0 Å². The fourth-order valence-electron chi connectivity index (χ4n) is 1.42. The van der Waals surface area contributed by atoms with Gasteiger partial charge < -0.3 is 10.2 Å². The number of aryl methyl sites for hydroxylation is 2. The van der Waals surface area contributed by atoms with E-state index in [2.05, 4.69) is 0 Å². The monoisotopic (exact) mass is 187 g/mol. The number of hydrogen-bond acceptors (Lipinski definition) is 2. The Morgan fingerprint density at radius 2 is 1.86 bits per heavy atom. The molecular weight excluding hydrogens is 174 g/mol. The van der Waals surface area contributed by atoms with Crippen molar-refractivity contribution >= 4 is 5.69 Å². The Morgan fingerprint density at radius 3 is 2.43 bits per heavy atom. The highest BCUT2D eigenvalue weighted by Crippen LogP contribution is 2.24. The van der Waals surface area contributed by atoms with Gasteiger partial charge in [0, 0.05) is 11.3 Å². The van der Waals surface area contributed by atoms with Crippen LogP contribution in [0.25, 0.3) is 11.3 Å². The number of nitrogens with two attached hydrogens (primary N) is 1. The molecule has 2 nitrogen and oxygen atoms in total. The van der Waals surface area contributed by atoms with Gasteiger partial charge in [-0.2, -0.15) is 0 Å². The van der Waals surface area contributed by atoms with Crippen LogP contribution in [0, 0.1) is 13.8 Å². The zero-order chi connectivity index (χ0) is 10.1. The first-order chi connectivity index (χ1) is 6.66. The minimum Gasteiger partial charge on any atom is -0.461 e. The van der Waals surface area contributed by atoms with Gasteiger partial charge in [-0.25, -0.2) is 0 Å². The molecule has 1 aromatic carbocycles. The number of hydrogen-bond donors (Lipinski definition) is 1. The maximum atomic E-state index is 5.74.